The number of pyridine rings is 1. The number of fused-ring (bicyclic) bond motifs is 4. The van der Waals surface area contributed by atoms with Crippen LogP contribution in [0.4, 0.5) is 111 Å². The summed E-state index contributed by atoms with van der Waals surface area (Å²) in [5, 5.41) is 17.7. The Morgan fingerprint density at radius 3 is 0.944 bits per heavy atom. The number of nitrogens with zero attached hydrogens (tertiary/aromatic N) is 2. The Kier molecular flexibility index (Phi) is 16.0. The van der Waals surface area contributed by atoms with E-state index >= 15 is 0 Å². The fourth-order valence-corrected chi connectivity index (χ4v) is 10.5. The third-order valence-corrected chi connectivity index (χ3v) is 14.3. The predicted octanol–water partition coefficient (Wildman–Crippen LogP) is 17.6. The SMILES string of the molecule is FC(F)(F)c1cc([B-](c2cc(C(F)(F)F)cc(C(F)(F)F)c2)(c2cc(C(F)(F)F)cc(C(F)(F)F)c2)c2cc(C(F)(F)F)cc(C(F)(F)F)c2)cc(C(F)(F)F)c1.O=[N+]([O-])c1c2ccccc2cc2c(O[n+]3cccc4ccccc43)c3ccccc3cc12. The second kappa shape index (κ2) is 22.1. The Morgan fingerprint density at radius 1 is 0.326 bits per heavy atom. The third kappa shape index (κ3) is 12.9. The molecule has 0 amide bonds. The highest BCUT2D eigenvalue weighted by Gasteiger charge is 2.47. The molecule has 0 aliphatic carbocycles. The number of benzene rings is 9. The van der Waals surface area contributed by atoms with Gasteiger partial charge >= 0.3 is 49.4 Å². The highest BCUT2D eigenvalue weighted by molar-refractivity contribution is 7.20. The van der Waals surface area contributed by atoms with Crippen LogP contribution in [0.3, 0.4) is 0 Å². The predicted molar refractivity (Wildman–Crippen MR) is 276 cm³/mol. The zero-order valence-corrected chi connectivity index (χ0v) is 43.5. The summed E-state index contributed by atoms with van der Waals surface area (Å²) in [5.41, 5.74) is -29.2. The first kappa shape index (κ1) is 64.2. The van der Waals surface area contributed by atoms with Gasteiger partial charge in [-0.15, -0.1) is 0 Å². The topological polar surface area (TPSA) is 56.3 Å². The number of nitro groups is 1. The fourth-order valence-electron chi connectivity index (χ4n) is 10.5. The van der Waals surface area contributed by atoms with Crippen molar-refractivity contribution < 1.29 is 120 Å². The van der Waals surface area contributed by atoms with Crippen LogP contribution in [0.1, 0.15) is 44.5 Å². The van der Waals surface area contributed by atoms with Gasteiger partial charge in [0, 0.05) is 27.6 Å². The van der Waals surface area contributed by atoms with Crippen molar-refractivity contribution in [1.29, 1.82) is 0 Å². The van der Waals surface area contributed by atoms with Crippen LogP contribution in [0, 0.1) is 10.1 Å². The van der Waals surface area contributed by atoms with Gasteiger partial charge in [-0.25, -0.2) is 4.84 Å². The summed E-state index contributed by atoms with van der Waals surface area (Å²) in [6, 6.07) is 22.2. The molecule has 1 heterocycles. The van der Waals surface area contributed by atoms with E-state index in [1.54, 1.807) is 10.8 Å². The van der Waals surface area contributed by atoms with Crippen molar-refractivity contribution in [3.8, 4) is 5.75 Å². The lowest BCUT2D eigenvalue weighted by atomic mass is 9.12. The number of aromatic nitrogens is 1. The van der Waals surface area contributed by atoms with E-state index in [1.165, 1.54) is 0 Å². The number of nitro benzene ring substituents is 1. The zero-order chi connectivity index (χ0) is 65.6. The standard InChI is InChI=1S/C32H12BF24.C27H17N2O3/c34-25(35,36)13-1-14(26(37,38)39)6-21(5-13)33(22-7-15(27(40,41)42)2-16(8-22)28(43,44)45,23-9-17(29(46,47)48)3-18(10-23)30(49,50)51)24-11-19(31(52,53)54)4-20(12-24)32(55,56)57;30-29(31)26-21-12-4-1-9-19(21)17-24-23(26)16-20-10-2-5-13-22(20)27(24)32-28-15-7-11-18-8-3-6-14-25(18)28/h1-12H;1-17H/q-1;+1. The molecule has 10 aromatic rings. The summed E-state index contributed by atoms with van der Waals surface area (Å²) < 4.78 is 343. The van der Waals surface area contributed by atoms with E-state index in [0.29, 0.717) is 21.9 Å². The molecule has 0 saturated carbocycles. The molecule has 0 atom stereocenters. The van der Waals surface area contributed by atoms with Crippen LogP contribution in [-0.4, -0.2) is 11.1 Å². The van der Waals surface area contributed by atoms with Gasteiger partial charge in [-0.1, -0.05) is 103 Å². The lowest BCUT2D eigenvalue weighted by Crippen LogP contribution is -2.75. The maximum Gasteiger partial charge on any atom is 0.416 e. The molecule has 5 nitrogen and oxygen atoms in total. The molecule has 0 N–H and O–H groups in total. The first-order valence-corrected chi connectivity index (χ1v) is 24.9. The molecule has 30 heteroatoms. The summed E-state index contributed by atoms with van der Waals surface area (Å²) in [7, 11) is 0. The quantitative estimate of drug-likeness (QED) is 0.0399. The Balaban J connectivity index is 0.000000245. The van der Waals surface area contributed by atoms with Gasteiger partial charge in [0.05, 0.1) is 65.6 Å². The molecule has 0 fully saturated rings. The summed E-state index contributed by atoms with van der Waals surface area (Å²) >= 11 is 0. The Bertz CT molecular complexity index is 3970. The molecule has 0 aliphatic rings. The molecule has 464 valence electrons. The van der Waals surface area contributed by atoms with Crippen molar-refractivity contribution in [2.45, 2.75) is 49.4 Å². The van der Waals surface area contributed by atoms with Crippen molar-refractivity contribution in [1.82, 2.24) is 0 Å². The molecule has 9 aromatic carbocycles. The van der Waals surface area contributed by atoms with Crippen molar-refractivity contribution >= 4 is 76.9 Å². The third-order valence-electron chi connectivity index (χ3n) is 14.3. The van der Waals surface area contributed by atoms with Crippen molar-refractivity contribution in [3.63, 3.8) is 0 Å². The number of halogens is 24. The molecule has 0 radical (unpaired) electrons. The number of hydrogen-bond donors (Lipinski definition) is 0. The summed E-state index contributed by atoms with van der Waals surface area (Å²) in [5.74, 6) is 0.591. The van der Waals surface area contributed by atoms with E-state index in [2.05, 4.69) is 0 Å². The molecule has 89 heavy (non-hydrogen) atoms. The smallest absolute Gasteiger partial charge is 0.258 e. The van der Waals surface area contributed by atoms with Crippen molar-refractivity contribution in [2.75, 3.05) is 0 Å². The van der Waals surface area contributed by atoms with E-state index in [-0.39, 0.29) is 10.6 Å². The second-order valence-corrected chi connectivity index (χ2v) is 19.9. The molecular formula is C59H29BF24N2O3. The van der Waals surface area contributed by atoms with Crippen LogP contribution in [0.5, 0.6) is 5.75 Å². The van der Waals surface area contributed by atoms with E-state index in [9.17, 15) is 115 Å². The molecular weight excluding hydrogens is 1250 g/mol. The monoisotopic (exact) mass is 1280 g/mol. The molecule has 0 bridgehead atoms. The lowest BCUT2D eigenvalue weighted by Gasteiger charge is -2.46. The van der Waals surface area contributed by atoms with E-state index in [4.69, 9.17) is 4.84 Å². The molecule has 0 spiro atoms. The Labute approximate surface area is 481 Å². The van der Waals surface area contributed by atoms with E-state index < -0.39 is 195 Å². The van der Waals surface area contributed by atoms with Crippen LogP contribution in [0.2, 0.25) is 0 Å². The minimum atomic E-state index is -6.13. The minimum absolute atomic E-state index is 0.0941. The van der Waals surface area contributed by atoms with Gasteiger partial charge in [0.15, 0.2) is 0 Å². The first-order chi connectivity index (χ1) is 41.0. The van der Waals surface area contributed by atoms with Gasteiger partial charge in [-0.2, -0.15) is 127 Å². The fraction of sp³-hybridized carbons (Fsp3) is 0.136. The van der Waals surface area contributed by atoms with Crippen LogP contribution in [0.15, 0.2) is 176 Å². The van der Waals surface area contributed by atoms with Gasteiger partial charge < -0.3 is 0 Å². The van der Waals surface area contributed by atoms with Crippen molar-refractivity contribution in [2.24, 2.45) is 0 Å². The van der Waals surface area contributed by atoms with Crippen LogP contribution in [-0.2, 0) is 49.4 Å². The van der Waals surface area contributed by atoms with Gasteiger partial charge in [0.1, 0.15) is 6.15 Å². The average molecular weight is 1280 g/mol. The highest BCUT2D eigenvalue weighted by atomic mass is 19.4. The normalized spacial score (nSPS) is 13.3. The van der Waals surface area contributed by atoms with Crippen LogP contribution < -0.4 is 31.4 Å². The van der Waals surface area contributed by atoms with Crippen LogP contribution >= 0.6 is 0 Å². The average Bonchev–Trinajstić information content (AvgIpc) is 1.09. The highest BCUT2D eigenvalue weighted by Crippen LogP contribution is 2.45. The lowest BCUT2D eigenvalue weighted by molar-refractivity contribution is -0.853. The summed E-state index contributed by atoms with van der Waals surface area (Å²) in [6.07, 6.45) is -53.0. The number of alkyl halides is 24. The second-order valence-electron chi connectivity index (χ2n) is 19.9. The largest absolute Gasteiger partial charge is 0.416 e. The molecule has 0 saturated heterocycles. The molecule has 10 rings (SSSR count). The molecule has 0 unspecified atom stereocenters. The number of hydrogen-bond acceptors (Lipinski definition) is 3. The van der Waals surface area contributed by atoms with Gasteiger partial charge in [-0.05, 0) is 65.4 Å². The number of non-ortho nitro benzene ring substituents is 1. The number of rotatable bonds is 7. The maximum absolute atomic E-state index is 14.2. The first-order valence-electron chi connectivity index (χ1n) is 24.9. The van der Waals surface area contributed by atoms with Gasteiger partial charge in [0.25, 0.3) is 11.2 Å². The van der Waals surface area contributed by atoms with Gasteiger partial charge in [0.2, 0.25) is 11.9 Å². The van der Waals surface area contributed by atoms with E-state index in [1.807, 2.05) is 97.2 Å². The zero-order valence-electron chi connectivity index (χ0n) is 43.5. The minimum Gasteiger partial charge on any atom is -0.258 e. The van der Waals surface area contributed by atoms with Crippen molar-refractivity contribution in [3.05, 3.63) is 231 Å². The maximum atomic E-state index is 14.2. The number of para-hydroxylation sites is 1. The Morgan fingerprint density at radius 2 is 0.607 bits per heavy atom. The summed E-state index contributed by atoms with van der Waals surface area (Å²) in [6.45, 7) is 0. The van der Waals surface area contributed by atoms with E-state index in [0.717, 1.165) is 27.1 Å². The van der Waals surface area contributed by atoms with Gasteiger partial charge in [-0.3, -0.25) is 10.1 Å². The molecule has 1 aromatic heterocycles. The van der Waals surface area contributed by atoms with Crippen LogP contribution in [0.25, 0.3) is 43.2 Å². The Hall–Kier alpha value is -9.25. The molecule has 0 aliphatic heterocycles. The summed E-state index contributed by atoms with van der Waals surface area (Å²) in [4.78, 5) is 18.4.